The second-order valence-corrected chi connectivity index (χ2v) is 8.43. The van der Waals surface area contributed by atoms with Crippen LogP contribution in [0.25, 0.3) is 0 Å². The van der Waals surface area contributed by atoms with Gasteiger partial charge in [-0.3, -0.25) is 0 Å². The summed E-state index contributed by atoms with van der Waals surface area (Å²) in [5, 5.41) is 3.44. The molecule has 5 heteroatoms. The van der Waals surface area contributed by atoms with Gasteiger partial charge in [0.1, 0.15) is 9.84 Å². The first-order valence-corrected chi connectivity index (χ1v) is 9.40. The summed E-state index contributed by atoms with van der Waals surface area (Å²) < 4.78 is 22.5. The number of nitrogens with zero attached hydrogens (tertiary/aromatic N) is 1. The summed E-state index contributed by atoms with van der Waals surface area (Å²) in [6, 6.07) is 0.379. The molecule has 0 aromatic carbocycles. The van der Waals surface area contributed by atoms with Gasteiger partial charge in [0.15, 0.2) is 0 Å². The van der Waals surface area contributed by atoms with E-state index >= 15 is 0 Å². The number of likely N-dealkylation sites (N-methyl/N-ethyl adjacent to an activating group) is 2. The van der Waals surface area contributed by atoms with Gasteiger partial charge in [-0.1, -0.05) is 19.3 Å². The third kappa shape index (κ3) is 4.72. The molecule has 0 bridgehead atoms. The minimum Gasteiger partial charge on any atom is -0.315 e. The summed E-state index contributed by atoms with van der Waals surface area (Å²) in [5.41, 5.74) is 0.199. The Morgan fingerprint density at radius 1 is 1.21 bits per heavy atom. The van der Waals surface area contributed by atoms with Crippen molar-refractivity contribution >= 4 is 9.84 Å². The molecule has 1 fully saturated rings. The lowest BCUT2D eigenvalue weighted by molar-refractivity contribution is 0.0562. The largest absolute Gasteiger partial charge is 0.315 e. The predicted molar refractivity (Wildman–Crippen MR) is 81.3 cm³/mol. The monoisotopic (exact) mass is 290 g/mol. The normalized spacial score (nSPS) is 21.5. The van der Waals surface area contributed by atoms with Gasteiger partial charge in [0.2, 0.25) is 0 Å². The average molecular weight is 290 g/mol. The molecule has 1 unspecified atom stereocenters. The molecule has 0 heterocycles. The van der Waals surface area contributed by atoms with E-state index in [0.29, 0.717) is 11.8 Å². The number of hydrogen-bond acceptors (Lipinski definition) is 4. The zero-order valence-corrected chi connectivity index (χ0v) is 13.7. The van der Waals surface area contributed by atoms with Crippen LogP contribution < -0.4 is 5.32 Å². The van der Waals surface area contributed by atoms with Crippen LogP contribution in [0, 0.1) is 0 Å². The van der Waals surface area contributed by atoms with Crippen LogP contribution in [0.5, 0.6) is 0 Å². The van der Waals surface area contributed by atoms with E-state index in [9.17, 15) is 8.42 Å². The Labute approximate surface area is 118 Å². The topological polar surface area (TPSA) is 49.4 Å². The minimum atomic E-state index is -2.84. The molecule has 0 aromatic heterocycles. The van der Waals surface area contributed by atoms with Crippen molar-refractivity contribution in [1.29, 1.82) is 0 Å². The first kappa shape index (κ1) is 16.9. The fraction of sp³-hybridized carbons (Fsp3) is 1.00. The highest BCUT2D eigenvalue weighted by Crippen LogP contribution is 2.36. The van der Waals surface area contributed by atoms with Gasteiger partial charge in [0.05, 0.1) is 0 Å². The third-order valence-electron chi connectivity index (χ3n) is 4.62. The molecule has 1 atom stereocenters. The number of hydrogen-bond donors (Lipinski definition) is 1. The molecular weight excluding hydrogens is 260 g/mol. The average Bonchev–Trinajstić information content (AvgIpc) is 2.34. The SMILES string of the molecule is CNC(CCCS(C)(=O)=O)C1(N(C)C)CCCCC1. The maximum atomic E-state index is 11.3. The lowest BCUT2D eigenvalue weighted by Crippen LogP contribution is -2.59. The first-order chi connectivity index (χ1) is 8.82. The smallest absolute Gasteiger partial charge is 0.147 e. The molecular formula is C14H30N2O2S. The van der Waals surface area contributed by atoms with E-state index in [1.807, 2.05) is 7.05 Å². The number of sulfone groups is 1. The van der Waals surface area contributed by atoms with Gasteiger partial charge in [0, 0.05) is 23.6 Å². The summed E-state index contributed by atoms with van der Waals surface area (Å²) in [6.45, 7) is 0. The summed E-state index contributed by atoms with van der Waals surface area (Å²) in [6.07, 6.45) is 9.32. The summed E-state index contributed by atoms with van der Waals surface area (Å²) in [7, 11) is 3.48. The summed E-state index contributed by atoms with van der Waals surface area (Å²) >= 11 is 0. The molecule has 1 aliphatic rings. The molecule has 19 heavy (non-hydrogen) atoms. The maximum absolute atomic E-state index is 11.3. The van der Waals surface area contributed by atoms with Crippen LogP contribution >= 0.6 is 0 Å². The molecule has 4 nitrogen and oxygen atoms in total. The quantitative estimate of drug-likeness (QED) is 0.775. The standard InChI is InChI=1S/C14H30N2O2S/c1-15-13(9-8-12-19(4,17)18)14(16(2)3)10-6-5-7-11-14/h13,15H,5-12H2,1-4H3. The predicted octanol–water partition coefficient (Wildman–Crippen LogP) is 1.66. The maximum Gasteiger partial charge on any atom is 0.147 e. The molecule has 1 N–H and O–H groups in total. The van der Waals surface area contributed by atoms with Crippen LogP contribution in [-0.4, -0.2) is 58.1 Å². The third-order valence-corrected chi connectivity index (χ3v) is 5.65. The van der Waals surface area contributed by atoms with Crippen molar-refractivity contribution in [2.75, 3.05) is 33.2 Å². The van der Waals surface area contributed by atoms with Gasteiger partial charge in [0.25, 0.3) is 0 Å². The zero-order valence-electron chi connectivity index (χ0n) is 12.9. The van der Waals surface area contributed by atoms with Crippen LogP contribution in [0.15, 0.2) is 0 Å². The van der Waals surface area contributed by atoms with Crippen LogP contribution in [0.1, 0.15) is 44.9 Å². The molecule has 114 valence electrons. The fourth-order valence-electron chi connectivity index (χ4n) is 3.50. The molecule has 0 radical (unpaired) electrons. The van der Waals surface area contributed by atoms with E-state index in [4.69, 9.17) is 0 Å². The molecule has 1 rings (SSSR count). The Balaban J connectivity index is 2.68. The van der Waals surface area contributed by atoms with Gasteiger partial charge in [-0.15, -0.1) is 0 Å². The highest BCUT2D eigenvalue weighted by Gasteiger charge is 2.40. The Bertz CT molecular complexity index is 360. The Morgan fingerprint density at radius 3 is 2.21 bits per heavy atom. The van der Waals surface area contributed by atoms with Gasteiger partial charge in [-0.2, -0.15) is 0 Å². The Kier molecular flexibility index (Phi) is 6.27. The highest BCUT2D eigenvalue weighted by atomic mass is 32.2. The lowest BCUT2D eigenvalue weighted by Gasteiger charge is -2.48. The zero-order chi connectivity index (χ0) is 14.5. The van der Waals surface area contributed by atoms with E-state index < -0.39 is 9.84 Å². The van der Waals surface area contributed by atoms with Crippen molar-refractivity contribution in [3.05, 3.63) is 0 Å². The van der Waals surface area contributed by atoms with Crippen molar-refractivity contribution in [2.45, 2.75) is 56.5 Å². The number of rotatable bonds is 7. The summed E-state index contributed by atoms with van der Waals surface area (Å²) in [4.78, 5) is 2.35. The highest BCUT2D eigenvalue weighted by molar-refractivity contribution is 7.90. The molecule has 0 amide bonds. The van der Waals surface area contributed by atoms with Gasteiger partial charge in [-0.25, -0.2) is 8.42 Å². The van der Waals surface area contributed by atoms with Crippen LogP contribution in [0.2, 0.25) is 0 Å². The van der Waals surface area contributed by atoms with E-state index in [-0.39, 0.29) is 5.54 Å². The Morgan fingerprint density at radius 2 is 1.79 bits per heavy atom. The van der Waals surface area contributed by atoms with Crippen molar-refractivity contribution in [1.82, 2.24) is 10.2 Å². The molecule has 0 saturated heterocycles. The molecule has 0 spiro atoms. The van der Waals surface area contributed by atoms with E-state index in [1.165, 1.54) is 38.4 Å². The first-order valence-electron chi connectivity index (χ1n) is 7.34. The van der Waals surface area contributed by atoms with Crippen molar-refractivity contribution < 1.29 is 8.42 Å². The molecule has 0 aromatic rings. The summed E-state index contributed by atoms with van der Waals surface area (Å²) in [5.74, 6) is 0.300. The Hall–Kier alpha value is -0.130. The minimum absolute atomic E-state index is 0.199. The second kappa shape index (κ2) is 7.04. The van der Waals surface area contributed by atoms with Crippen molar-refractivity contribution in [2.24, 2.45) is 0 Å². The molecule has 0 aliphatic heterocycles. The van der Waals surface area contributed by atoms with E-state index in [0.717, 1.165) is 12.8 Å². The van der Waals surface area contributed by atoms with E-state index in [1.54, 1.807) is 0 Å². The van der Waals surface area contributed by atoms with Crippen LogP contribution in [-0.2, 0) is 9.84 Å². The van der Waals surface area contributed by atoms with Gasteiger partial charge < -0.3 is 10.2 Å². The van der Waals surface area contributed by atoms with Crippen LogP contribution in [0.3, 0.4) is 0 Å². The van der Waals surface area contributed by atoms with Crippen molar-refractivity contribution in [3.63, 3.8) is 0 Å². The van der Waals surface area contributed by atoms with Gasteiger partial charge >= 0.3 is 0 Å². The van der Waals surface area contributed by atoms with Gasteiger partial charge in [-0.05, 0) is 46.8 Å². The number of nitrogens with one attached hydrogen (secondary N) is 1. The van der Waals surface area contributed by atoms with E-state index in [2.05, 4.69) is 24.3 Å². The van der Waals surface area contributed by atoms with Crippen molar-refractivity contribution in [3.8, 4) is 0 Å². The molecule has 1 saturated carbocycles. The lowest BCUT2D eigenvalue weighted by atomic mass is 9.74. The molecule has 1 aliphatic carbocycles. The fourth-order valence-corrected chi connectivity index (χ4v) is 4.19. The second-order valence-electron chi connectivity index (χ2n) is 6.17. The van der Waals surface area contributed by atoms with Crippen LogP contribution in [0.4, 0.5) is 0 Å².